The van der Waals surface area contributed by atoms with Crippen LogP contribution in [0.3, 0.4) is 0 Å². The van der Waals surface area contributed by atoms with E-state index >= 15 is 0 Å². The minimum Gasteiger partial charge on any atom is -0.305 e. The summed E-state index contributed by atoms with van der Waals surface area (Å²) in [6.07, 6.45) is 1.06. The van der Waals surface area contributed by atoms with Gasteiger partial charge in [-0.25, -0.2) is 0 Å². The van der Waals surface area contributed by atoms with E-state index in [2.05, 4.69) is 4.90 Å². The molecule has 0 aromatic heterocycles. The average Bonchev–Trinajstić information content (AvgIpc) is 1.86. The van der Waals surface area contributed by atoms with Gasteiger partial charge in [0.1, 0.15) is 0 Å². The van der Waals surface area contributed by atoms with Crippen LogP contribution in [0.5, 0.6) is 0 Å². The molecule has 1 fully saturated rings. The second-order valence-corrected chi connectivity index (χ2v) is 3.55. The summed E-state index contributed by atoms with van der Waals surface area (Å²) in [5.41, 5.74) is -0.0295. The number of rotatable bonds is 4. The summed E-state index contributed by atoms with van der Waals surface area (Å²) in [7, 11) is 1.98. The molecule has 11 heavy (non-hydrogen) atoms. The molecule has 1 rings (SSSR count). The minimum absolute atomic E-state index is 0.0295. The van der Waals surface area contributed by atoms with Crippen LogP contribution in [0, 0.1) is 5.41 Å². The van der Waals surface area contributed by atoms with Gasteiger partial charge in [0.2, 0.25) is 0 Å². The first kappa shape index (κ1) is 8.91. The molecule has 1 aliphatic rings. The Morgan fingerprint density at radius 1 is 1.18 bits per heavy atom. The van der Waals surface area contributed by atoms with Crippen LogP contribution in [-0.4, -0.2) is 38.4 Å². The lowest BCUT2D eigenvalue weighted by molar-refractivity contribution is -0.00286. The van der Waals surface area contributed by atoms with Gasteiger partial charge in [0.25, 0.3) is 0 Å². The molecular formula is C8H15F2N. The molecular weight excluding hydrogens is 148 g/mol. The van der Waals surface area contributed by atoms with Crippen LogP contribution >= 0.6 is 0 Å². The lowest BCUT2D eigenvalue weighted by Crippen LogP contribution is -2.54. The second-order valence-electron chi connectivity index (χ2n) is 3.55. The monoisotopic (exact) mass is 163 g/mol. The first-order valence-corrected chi connectivity index (χ1v) is 4.03. The fourth-order valence-electron chi connectivity index (χ4n) is 1.94. The number of hydrogen-bond acceptors (Lipinski definition) is 1. The van der Waals surface area contributed by atoms with Gasteiger partial charge in [0, 0.05) is 18.5 Å². The highest BCUT2D eigenvalue weighted by molar-refractivity contribution is 4.92. The van der Waals surface area contributed by atoms with E-state index in [0.717, 1.165) is 13.1 Å². The number of likely N-dealkylation sites (tertiary alicyclic amines) is 1. The topological polar surface area (TPSA) is 3.24 Å². The fraction of sp³-hybridized carbons (Fsp3) is 1.00. The number of nitrogens with zero attached hydrogens (tertiary/aromatic N) is 1. The van der Waals surface area contributed by atoms with Crippen molar-refractivity contribution in [1.29, 1.82) is 0 Å². The van der Waals surface area contributed by atoms with Crippen molar-refractivity contribution in [2.24, 2.45) is 5.41 Å². The molecule has 1 aliphatic heterocycles. The molecule has 0 aliphatic carbocycles. The zero-order valence-corrected chi connectivity index (χ0v) is 6.95. The second kappa shape index (κ2) is 3.48. The summed E-state index contributed by atoms with van der Waals surface area (Å²) in [5.74, 6) is 0. The maximum absolute atomic E-state index is 12.0. The number of halogens is 2. The summed E-state index contributed by atoms with van der Waals surface area (Å²) < 4.78 is 24.0. The predicted molar refractivity (Wildman–Crippen MR) is 41.1 cm³/mol. The van der Waals surface area contributed by atoms with Crippen molar-refractivity contribution in [3.8, 4) is 0 Å². The maximum atomic E-state index is 12.0. The average molecular weight is 163 g/mol. The van der Waals surface area contributed by atoms with Crippen molar-refractivity contribution in [3.05, 3.63) is 0 Å². The first-order valence-electron chi connectivity index (χ1n) is 4.03. The molecule has 0 bridgehead atoms. The minimum atomic E-state index is -0.312. The lowest BCUT2D eigenvalue weighted by atomic mass is 9.75. The molecule has 0 amide bonds. The highest BCUT2D eigenvalue weighted by Gasteiger charge is 2.39. The summed E-state index contributed by atoms with van der Waals surface area (Å²) in [6, 6.07) is 0. The largest absolute Gasteiger partial charge is 0.305 e. The van der Waals surface area contributed by atoms with Crippen molar-refractivity contribution in [1.82, 2.24) is 4.90 Å². The van der Waals surface area contributed by atoms with E-state index in [1.807, 2.05) is 7.05 Å². The zero-order chi connectivity index (χ0) is 8.32. The van der Waals surface area contributed by atoms with E-state index in [0.29, 0.717) is 12.8 Å². The van der Waals surface area contributed by atoms with Gasteiger partial charge in [-0.3, -0.25) is 8.78 Å². The molecule has 0 aromatic rings. The van der Waals surface area contributed by atoms with Crippen LogP contribution in [-0.2, 0) is 0 Å². The highest BCUT2D eigenvalue weighted by Crippen LogP contribution is 2.36. The highest BCUT2D eigenvalue weighted by atomic mass is 19.1. The Labute approximate surface area is 66.4 Å². The lowest BCUT2D eigenvalue weighted by Gasteiger charge is -2.48. The Balaban J connectivity index is 2.33. The molecule has 1 nitrogen and oxygen atoms in total. The summed E-state index contributed by atoms with van der Waals surface area (Å²) in [5, 5.41) is 0. The Morgan fingerprint density at radius 3 is 1.91 bits per heavy atom. The van der Waals surface area contributed by atoms with Gasteiger partial charge in [-0.05, 0) is 19.9 Å². The van der Waals surface area contributed by atoms with Crippen molar-refractivity contribution in [2.45, 2.75) is 12.8 Å². The van der Waals surface area contributed by atoms with Gasteiger partial charge < -0.3 is 4.90 Å². The van der Waals surface area contributed by atoms with Crippen LogP contribution in [0.2, 0.25) is 0 Å². The van der Waals surface area contributed by atoms with Crippen LogP contribution < -0.4 is 0 Å². The Bertz CT molecular complexity index is 106. The first-order chi connectivity index (χ1) is 5.22. The molecule has 1 heterocycles. The molecule has 1 saturated heterocycles. The molecule has 0 spiro atoms. The zero-order valence-electron chi connectivity index (χ0n) is 6.95. The normalized spacial score (nSPS) is 23.2. The van der Waals surface area contributed by atoms with Gasteiger partial charge in [-0.2, -0.15) is 0 Å². The standard InChI is InChI=1S/C8H15F2N/c1-11-6-8(7-11,2-4-9)3-5-10/h2-7H2,1H3. The molecule has 0 aromatic carbocycles. The molecule has 0 unspecified atom stereocenters. The summed E-state index contributed by atoms with van der Waals surface area (Å²) >= 11 is 0. The van der Waals surface area contributed by atoms with E-state index < -0.39 is 0 Å². The van der Waals surface area contributed by atoms with E-state index in [-0.39, 0.29) is 18.8 Å². The number of hydrogen-bond donors (Lipinski definition) is 0. The van der Waals surface area contributed by atoms with E-state index in [1.165, 1.54) is 0 Å². The quantitative estimate of drug-likeness (QED) is 0.609. The third-order valence-electron chi connectivity index (χ3n) is 2.46. The number of alkyl halides is 2. The fourth-order valence-corrected chi connectivity index (χ4v) is 1.94. The molecule has 3 heteroatoms. The predicted octanol–water partition coefficient (Wildman–Crippen LogP) is 1.64. The van der Waals surface area contributed by atoms with Gasteiger partial charge in [0.15, 0.2) is 0 Å². The third kappa shape index (κ3) is 1.89. The van der Waals surface area contributed by atoms with Crippen molar-refractivity contribution >= 4 is 0 Å². The van der Waals surface area contributed by atoms with E-state index in [1.54, 1.807) is 0 Å². The summed E-state index contributed by atoms with van der Waals surface area (Å²) in [4.78, 5) is 2.10. The van der Waals surface area contributed by atoms with Crippen molar-refractivity contribution in [2.75, 3.05) is 33.5 Å². The van der Waals surface area contributed by atoms with Crippen molar-refractivity contribution < 1.29 is 8.78 Å². The summed E-state index contributed by atoms with van der Waals surface area (Å²) in [6.45, 7) is 1.10. The molecule has 0 saturated carbocycles. The SMILES string of the molecule is CN1CC(CCF)(CCF)C1. The Kier molecular flexibility index (Phi) is 2.82. The van der Waals surface area contributed by atoms with Gasteiger partial charge in [-0.1, -0.05) is 0 Å². The molecule has 66 valence electrons. The van der Waals surface area contributed by atoms with Crippen LogP contribution in [0.4, 0.5) is 8.78 Å². The van der Waals surface area contributed by atoms with E-state index in [4.69, 9.17) is 0 Å². The molecule has 0 N–H and O–H groups in total. The van der Waals surface area contributed by atoms with Crippen LogP contribution in [0.1, 0.15) is 12.8 Å². The smallest absolute Gasteiger partial charge is 0.0900 e. The maximum Gasteiger partial charge on any atom is 0.0900 e. The van der Waals surface area contributed by atoms with Crippen LogP contribution in [0.15, 0.2) is 0 Å². The third-order valence-corrected chi connectivity index (χ3v) is 2.46. The van der Waals surface area contributed by atoms with Gasteiger partial charge in [0.05, 0.1) is 13.3 Å². The van der Waals surface area contributed by atoms with Crippen LogP contribution in [0.25, 0.3) is 0 Å². The van der Waals surface area contributed by atoms with Gasteiger partial charge in [-0.15, -0.1) is 0 Å². The molecule has 0 radical (unpaired) electrons. The molecule has 0 atom stereocenters. The Hall–Kier alpha value is -0.180. The van der Waals surface area contributed by atoms with E-state index in [9.17, 15) is 8.78 Å². The van der Waals surface area contributed by atoms with Gasteiger partial charge >= 0.3 is 0 Å². The Morgan fingerprint density at radius 2 is 1.64 bits per heavy atom. The van der Waals surface area contributed by atoms with Crippen molar-refractivity contribution in [3.63, 3.8) is 0 Å².